The topological polar surface area (TPSA) is 107 Å². The van der Waals surface area contributed by atoms with Crippen molar-refractivity contribution in [1.29, 1.82) is 0 Å². The molecule has 0 heterocycles. The minimum Gasteiger partial charge on any atom is -0.369 e. The number of primary amides is 1. The van der Waals surface area contributed by atoms with Crippen LogP contribution in [0.1, 0.15) is 19.8 Å². The van der Waals surface area contributed by atoms with Gasteiger partial charge < -0.3 is 17.2 Å². The highest BCUT2D eigenvalue weighted by atomic mass is 16.1. The summed E-state index contributed by atoms with van der Waals surface area (Å²) in [5.74, 6) is -0.326. The zero-order valence-electron chi connectivity index (χ0n) is 7.42. The van der Waals surface area contributed by atoms with Gasteiger partial charge in [-0.05, 0) is 19.4 Å². The maximum Gasteiger partial charge on any atom is 0.220 e. The van der Waals surface area contributed by atoms with Crippen molar-refractivity contribution in [2.75, 3.05) is 6.54 Å². The number of carbonyl (C=O) groups excluding carboxylic acids is 1. The van der Waals surface area contributed by atoms with E-state index in [0.29, 0.717) is 0 Å². The molecule has 1 unspecified atom stereocenters. The highest BCUT2D eigenvalue weighted by molar-refractivity contribution is 5.76. The van der Waals surface area contributed by atoms with Crippen molar-refractivity contribution in [3.63, 3.8) is 0 Å². The zero-order valence-corrected chi connectivity index (χ0v) is 7.42. The summed E-state index contributed by atoms with van der Waals surface area (Å²) in [4.78, 5) is 10.6. The smallest absolute Gasteiger partial charge is 0.220 e. The van der Waals surface area contributed by atoms with Crippen molar-refractivity contribution in [2.24, 2.45) is 23.1 Å². The minimum absolute atomic E-state index is 0.0687. The molecule has 0 rings (SSSR count). The molecule has 0 aliphatic carbocycles. The molecule has 5 heteroatoms. The molecule has 0 bridgehead atoms. The molecule has 0 aromatic rings. The fourth-order valence-corrected chi connectivity index (χ4v) is 0.819. The van der Waals surface area contributed by atoms with Crippen molar-refractivity contribution >= 4 is 5.91 Å². The van der Waals surface area contributed by atoms with Crippen LogP contribution < -0.4 is 22.5 Å². The van der Waals surface area contributed by atoms with Crippen LogP contribution in [0.4, 0.5) is 0 Å². The number of rotatable bonds is 6. The van der Waals surface area contributed by atoms with Gasteiger partial charge in [0.15, 0.2) is 0 Å². The summed E-state index contributed by atoms with van der Waals surface area (Å²) in [6.07, 6.45) is 1.15. The van der Waals surface area contributed by atoms with Crippen molar-refractivity contribution in [3.05, 3.63) is 0 Å². The Morgan fingerprint density at radius 1 is 1.50 bits per heavy atom. The molecule has 0 aromatic carbocycles. The molecular weight excluding hydrogens is 156 g/mol. The van der Waals surface area contributed by atoms with Crippen LogP contribution in [0.5, 0.6) is 0 Å². The summed E-state index contributed by atoms with van der Waals surface area (Å²) in [6.45, 7) is 2.53. The Morgan fingerprint density at radius 3 is 2.50 bits per heavy atom. The first-order valence-corrected chi connectivity index (χ1v) is 4.08. The number of carbonyl (C=O) groups is 1. The van der Waals surface area contributed by atoms with E-state index in [0.717, 1.165) is 19.4 Å². The summed E-state index contributed by atoms with van der Waals surface area (Å²) in [5.41, 5.74) is 15.6. The second-order valence-electron chi connectivity index (χ2n) is 2.93. The predicted molar refractivity (Wildman–Crippen MR) is 47.8 cm³/mol. The first-order chi connectivity index (χ1) is 5.54. The standard InChI is InChI=1S/C7H18N4O/c1-5(6(8)12)3-2-4-11-7(9)10/h5,7,11H,2-4,9-10H2,1H3,(H2,8,12). The van der Waals surface area contributed by atoms with Gasteiger partial charge in [0.1, 0.15) is 6.29 Å². The predicted octanol–water partition coefficient (Wildman–Crippen LogP) is -1.32. The first kappa shape index (κ1) is 11.4. The Bertz CT molecular complexity index is 137. The van der Waals surface area contributed by atoms with E-state index in [4.69, 9.17) is 17.2 Å². The van der Waals surface area contributed by atoms with E-state index in [1.807, 2.05) is 6.92 Å². The van der Waals surface area contributed by atoms with Crippen LogP contribution in [0, 0.1) is 5.92 Å². The lowest BCUT2D eigenvalue weighted by Crippen LogP contribution is -2.45. The number of amides is 1. The molecule has 72 valence electrons. The summed E-state index contributed by atoms with van der Waals surface area (Å²) in [6, 6.07) is 0. The van der Waals surface area contributed by atoms with Crippen LogP contribution in [0.15, 0.2) is 0 Å². The monoisotopic (exact) mass is 174 g/mol. The van der Waals surface area contributed by atoms with Gasteiger partial charge in [0, 0.05) is 5.92 Å². The van der Waals surface area contributed by atoms with Crippen molar-refractivity contribution in [2.45, 2.75) is 26.1 Å². The molecule has 1 atom stereocenters. The number of hydrogen-bond acceptors (Lipinski definition) is 4. The van der Waals surface area contributed by atoms with Gasteiger partial charge >= 0.3 is 0 Å². The molecule has 0 aliphatic rings. The second-order valence-corrected chi connectivity index (χ2v) is 2.93. The van der Waals surface area contributed by atoms with Gasteiger partial charge in [0.2, 0.25) is 5.91 Å². The van der Waals surface area contributed by atoms with Crippen LogP contribution in [0.3, 0.4) is 0 Å². The van der Waals surface area contributed by atoms with Crippen LogP contribution >= 0.6 is 0 Å². The first-order valence-electron chi connectivity index (χ1n) is 4.08. The molecule has 0 aliphatic heterocycles. The van der Waals surface area contributed by atoms with Gasteiger partial charge in [0.25, 0.3) is 0 Å². The lowest BCUT2D eigenvalue weighted by Gasteiger charge is -2.09. The third-order valence-electron chi connectivity index (χ3n) is 1.68. The lowest BCUT2D eigenvalue weighted by atomic mass is 10.1. The Balaban J connectivity index is 3.25. The summed E-state index contributed by atoms with van der Waals surface area (Å²) < 4.78 is 0. The summed E-state index contributed by atoms with van der Waals surface area (Å²) in [7, 11) is 0. The molecule has 0 saturated heterocycles. The maximum absolute atomic E-state index is 10.6. The van der Waals surface area contributed by atoms with Crippen LogP contribution in [0.2, 0.25) is 0 Å². The fourth-order valence-electron chi connectivity index (χ4n) is 0.819. The van der Waals surface area contributed by atoms with Crippen molar-refractivity contribution in [1.82, 2.24) is 5.32 Å². The average molecular weight is 174 g/mol. The normalized spacial score (nSPS) is 13.3. The summed E-state index contributed by atoms with van der Waals surface area (Å²) in [5, 5.41) is 2.84. The highest BCUT2D eigenvalue weighted by Crippen LogP contribution is 2.02. The molecule has 12 heavy (non-hydrogen) atoms. The van der Waals surface area contributed by atoms with E-state index in [1.54, 1.807) is 0 Å². The Morgan fingerprint density at radius 2 is 2.08 bits per heavy atom. The van der Waals surface area contributed by atoms with Crippen molar-refractivity contribution < 1.29 is 4.79 Å². The molecular formula is C7H18N4O. The fraction of sp³-hybridized carbons (Fsp3) is 0.857. The van der Waals surface area contributed by atoms with Gasteiger partial charge in [-0.15, -0.1) is 0 Å². The van der Waals surface area contributed by atoms with E-state index in [2.05, 4.69) is 5.32 Å². The number of nitrogens with two attached hydrogens (primary N) is 3. The van der Waals surface area contributed by atoms with Gasteiger partial charge in [-0.2, -0.15) is 0 Å². The average Bonchev–Trinajstić information content (AvgIpc) is 1.97. The lowest BCUT2D eigenvalue weighted by molar-refractivity contribution is -0.121. The quantitative estimate of drug-likeness (QED) is 0.296. The molecule has 0 spiro atoms. The van der Waals surface area contributed by atoms with Crippen molar-refractivity contribution in [3.8, 4) is 0 Å². The van der Waals surface area contributed by atoms with E-state index < -0.39 is 6.29 Å². The molecule has 0 radical (unpaired) electrons. The Hall–Kier alpha value is -0.650. The largest absolute Gasteiger partial charge is 0.369 e. The Kier molecular flexibility index (Phi) is 5.61. The van der Waals surface area contributed by atoms with Gasteiger partial charge in [-0.1, -0.05) is 6.92 Å². The minimum atomic E-state index is -0.478. The maximum atomic E-state index is 10.6. The molecule has 0 fully saturated rings. The van der Waals surface area contributed by atoms with E-state index >= 15 is 0 Å². The Labute approximate surface area is 72.7 Å². The highest BCUT2D eigenvalue weighted by Gasteiger charge is 2.07. The molecule has 7 N–H and O–H groups in total. The molecule has 0 aromatic heterocycles. The van der Waals surface area contributed by atoms with Gasteiger partial charge in [0.05, 0.1) is 0 Å². The number of hydrogen-bond donors (Lipinski definition) is 4. The molecule has 1 amide bonds. The van der Waals surface area contributed by atoms with Crippen LogP contribution in [0.25, 0.3) is 0 Å². The van der Waals surface area contributed by atoms with E-state index in [-0.39, 0.29) is 11.8 Å². The van der Waals surface area contributed by atoms with Crippen LogP contribution in [-0.2, 0) is 4.79 Å². The summed E-state index contributed by atoms with van der Waals surface area (Å²) >= 11 is 0. The zero-order chi connectivity index (χ0) is 9.56. The van der Waals surface area contributed by atoms with Gasteiger partial charge in [-0.25, -0.2) is 0 Å². The van der Waals surface area contributed by atoms with E-state index in [1.165, 1.54) is 0 Å². The van der Waals surface area contributed by atoms with Gasteiger partial charge in [-0.3, -0.25) is 10.1 Å². The molecule has 5 nitrogen and oxygen atoms in total. The number of nitrogens with one attached hydrogen (secondary N) is 1. The SMILES string of the molecule is CC(CCCNC(N)N)C(N)=O. The second kappa shape index (κ2) is 5.93. The third kappa shape index (κ3) is 6.09. The molecule has 0 saturated carbocycles. The van der Waals surface area contributed by atoms with E-state index in [9.17, 15) is 4.79 Å². The van der Waals surface area contributed by atoms with Crippen LogP contribution in [-0.4, -0.2) is 18.7 Å². The third-order valence-corrected chi connectivity index (χ3v) is 1.68.